The Balaban J connectivity index is 1.50. The molecule has 3 aromatic rings. The van der Waals surface area contributed by atoms with Gasteiger partial charge in [-0.3, -0.25) is 0 Å². The van der Waals surface area contributed by atoms with Crippen molar-refractivity contribution in [3.63, 3.8) is 0 Å². The molecule has 152 valence electrons. The lowest BCUT2D eigenvalue weighted by Gasteiger charge is -2.23. The summed E-state index contributed by atoms with van der Waals surface area (Å²) in [6.07, 6.45) is 6.18. The fourth-order valence-corrected chi connectivity index (χ4v) is 4.89. The number of nitrogens with two attached hydrogens (primary N) is 1. The summed E-state index contributed by atoms with van der Waals surface area (Å²) in [4.78, 5) is 3.67. The van der Waals surface area contributed by atoms with Gasteiger partial charge in [0, 0.05) is 22.9 Å². The number of rotatable bonds is 5. The highest BCUT2D eigenvalue weighted by Crippen LogP contribution is 2.37. The van der Waals surface area contributed by atoms with Crippen LogP contribution < -0.4 is 19.5 Å². The molecule has 1 aliphatic carbocycles. The molecule has 0 unspecified atom stereocenters. The van der Waals surface area contributed by atoms with Crippen LogP contribution in [0.15, 0.2) is 36.4 Å². The van der Waals surface area contributed by atoms with Crippen molar-refractivity contribution in [3.05, 3.63) is 53.2 Å². The van der Waals surface area contributed by atoms with Crippen LogP contribution in [-0.2, 0) is 6.42 Å². The Bertz CT molecular complexity index is 1020. The van der Waals surface area contributed by atoms with Crippen molar-refractivity contribution in [1.29, 1.82) is 0 Å². The van der Waals surface area contributed by atoms with E-state index in [0.717, 1.165) is 43.1 Å². The number of hydrogen-bond donors (Lipinski definition) is 2. The molecule has 2 heterocycles. The predicted molar refractivity (Wildman–Crippen MR) is 113 cm³/mol. The molecule has 3 N–H and O–H groups in total. The lowest BCUT2D eigenvalue weighted by Crippen LogP contribution is -2.87. The molecule has 0 spiro atoms. The second-order valence-electron chi connectivity index (χ2n) is 8.12. The summed E-state index contributed by atoms with van der Waals surface area (Å²) in [5, 5.41) is 3.67. The number of benzene rings is 2. The molecule has 29 heavy (non-hydrogen) atoms. The van der Waals surface area contributed by atoms with Gasteiger partial charge >= 0.3 is 0 Å². The van der Waals surface area contributed by atoms with Crippen molar-refractivity contribution in [2.24, 2.45) is 0 Å². The number of ether oxygens (including phenoxy) is 3. The van der Waals surface area contributed by atoms with Crippen molar-refractivity contribution >= 4 is 10.9 Å². The van der Waals surface area contributed by atoms with Crippen LogP contribution >= 0.6 is 0 Å². The molecule has 1 saturated carbocycles. The van der Waals surface area contributed by atoms with E-state index >= 15 is 0 Å². The third kappa shape index (κ3) is 3.33. The molecular weight excluding hydrogens is 364 g/mol. The van der Waals surface area contributed by atoms with Gasteiger partial charge in [0.15, 0.2) is 17.5 Å². The quantitative estimate of drug-likeness (QED) is 0.695. The van der Waals surface area contributed by atoms with Crippen molar-refractivity contribution in [3.8, 4) is 17.2 Å². The Morgan fingerprint density at radius 2 is 1.83 bits per heavy atom. The lowest BCUT2D eigenvalue weighted by atomic mass is 9.94. The Kier molecular flexibility index (Phi) is 4.84. The van der Waals surface area contributed by atoms with Crippen LogP contribution in [0.4, 0.5) is 0 Å². The van der Waals surface area contributed by atoms with Crippen molar-refractivity contribution in [2.45, 2.75) is 44.2 Å². The van der Waals surface area contributed by atoms with Crippen LogP contribution in [0.25, 0.3) is 10.9 Å². The topological polar surface area (TPSA) is 60.1 Å². The van der Waals surface area contributed by atoms with Gasteiger partial charge in [-0.1, -0.05) is 0 Å². The first kappa shape index (κ1) is 18.4. The summed E-state index contributed by atoms with van der Waals surface area (Å²) >= 11 is 0. The Morgan fingerprint density at radius 1 is 0.966 bits per heavy atom. The first-order chi connectivity index (χ1) is 14.3. The average molecular weight is 394 g/mol. The van der Waals surface area contributed by atoms with E-state index in [1.165, 1.54) is 40.6 Å². The molecule has 0 radical (unpaired) electrons. The third-order valence-corrected chi connectivity index (χ3v) is 6.40. The molecule has 2 aromatic carbocycles. The Labute approximate surface area is 171 Å². The van der Waals surface area contributed by atoms with E-state index in [1.54, 1.807) is 14.2 Å². The number of methoxy groups -OCH3 is 2. The number of fused-ring (bicyclic) bond motifs is 3. The van der Waals surface area contributed by atoms with E-state index in [-0.39, 0.29) is 6.04 Å². The zero-order valence-corrected chi connectivity index (χ0v) is 17.2. The molecule has 2 aliphatic rings. The molecule has 1 atom stereocenters. The number of quaternary nitrogens is 1. The minimum absolute atomic E-state index is 0.228. The molecule has 1 fully saturated rings. The monoisotopic (exact) mass is 393 g/mol. The first-order valence-corrected chi connectivity index (χ1v) is 10.6. The number of hydrogen-bond acceptors (Lipinski definition) is 3. The van der Waals surface area contributed by atoms with E-state index in [0.29, 0.717) is 6.10 Å². The van der Waals surface area contributed by atoms with Gasteiger partial charge in [0.1, 0.15) is 5.75 Å². The first-order valence-electron chi connectivity index (χ1n) is 10.6. The summed E-state index contributed by atoms with van der Waals surface area (Å²) in [5.41, 5.74) is 5.09. The maximum Gasteiger partial charge on any atom is 0.161 e. The van der Waals surface area contributed by atoms with Crippen molar-refractivity contribution < 1.29 is 19.5 Å². The Morgan fingerprint density at radius 3 is 2.62 bits per heavy atom. The normalized spacial score (nSPS) is 19.3. The molecule has 0 bridgehead atoms. The van der Waals surface area contributed by atoms with Gasteiger partial charge in [-0.25, -0.2) is 0 Å². The van der Waals surface area contributed by atoms with E-state index < -0.39 is 0 Å². The van der Waals surface area contributed by atoms with E-state index in [4.69, 9.17) is 14.2 Å². The van der Waals surface area contributed by atoms with E-state index in [2.05, 4.69) is 40.6 Å². The zero-order valence-electron chi connectivity index (χ0n) is 17.2. The molecule has 0 saturated heterocycles. The molecule has 0 amide bonds. The molecule has 1 aliphatic heterocycles. The highest BCUT2D eigenvalue weighted by molar-refractivity contribution is 5.86. The minimum atomic E-state index is 0.228. The zero-order chi connectivity index (χ0) is 19.8. The summed E-state index contributed by atoms with van der Waals surface area (Å²) in [6.45, 7) is 1.06. The van der Waals surface area contributed by atoms with Crippen molar-refractivity contribution in [2.75, 3.05) is 20.8 Å². The van der Waals surface area contributed by atoms with Crippen LogP contribution in [0.1, 0.15) is 48.5 Å². The summed E-state index contributed by atoms with van der Waals surface area (Å²) in [5.74, 6) is 2.59. The minimum Gasteiger partial charge on any atom is -0.497 e. The van der Waals surface area contributed by atoms with Gasteiger partial charge in [0.05, 0.1) is 32.6 Å². The summed E-state index contributed by atoms with van der Waals surface area (Å²) in [6, 6.07) is 12.9. The van der Waals surface area contributed by atoms with Gasteiger partial charge in [-0.2, -0.15) is 0 Å². The summed E-state index contributed by atoms with van der Waals surface area (Å²) < 4.78 is 17.4. The predicted octanol–water partition coefficient (Wildman–Crippen LogP) is 3.72. The molecular formula is C24H29N2O3+. The molecule has 5 heteroatoms. The summed E-state index contributed by atoms with van der Waals surface area (Å²) in [7, 11) is 3.45. The maximum absolute atomic E-state index is 6.23. The average Bonchev–Trinajstić information content (AvgIpc) is 3.41. The van der Waals surface area contributed by atoms with Gasteiger partial charge in [-0.15, -0.1) is 0 Å². The number of H-pyrrole nitrogens is 1. The standard InChI is InChI=1S/C24H28N2O3/c1-27-17-8-9-20-19(14-17)18-11-12-25-23(24(18)26-20)15-7-10-21(22(13-15)28-2)29-16-5-3-4-6-16/h7-10,13-14,16,23,25-26H,3-6,11-12H2,1-2H3/p+1/t23-/m0/s1. The van der Waals surface area contributed by atoms with Gasteiger partial charge in [-0.05, 0) is 67.6 Å². The second-order valence-corrected chi connectivity index (χ2v) is 8.12. The number of nitrogens with one attached hydrogen (secondary N) is 1. The van der Waals surface area contributed by atoms with Crippen molar-refractivity contribution in [1.82, 2.24) is 4.98 Å². The van der Waals surface area contributed by atoms with Crippen LogP contribution in [-0.4, -0.2) is 31.9 Å². The lowest BCUT2D eigenvalue weighted by molar-refractivity contribution is -0.690. The van der Waals surface area contributed by atoms with E-state index in [9.17, 15) is 0 Å². The third-order valence-electron chi connectivity index (χ3n) is 6.40. The van der Waals surface area contributed by atoms with Gasteiger partial charge < -0.3 is 24.5 Å². The fourth-order valence-electron chi connectivity index (χ4n) is 4.89. The smallest absolute Gasteiger partial charge is 0.161 e. The maximum atomic E-state index is 6.23. The highest BCUT2D eigenvalue weighted by Gasteiger charge is 2.30. The SMILES string of the molecule is COc1ccc2[nH]c3c(c2c1)CC[NH2+][C@H]3c1ccc(OC2CCCC2)c(OC)c1. The number of aromatic nitrogens is 1. The fraction of sp³-hybridized carbons (Fsp3) is 0.417. The largest absolute Gasteiger partial charge is 0.497 e. The number of aromatic amines is 1. The molecule has 5 rings (SSSR count). The van der Waals surface area contributed by atoms with Gasteiger partial charge in [0.25, 0.3) is 0 Å². The van der Waals surface area contributed by atoms with Crippen LogP contribution in [0.2, 0.25) is 0 Å². The van der Waals surface area contributed by atoms with E-state index in [1.807, 2.05) is 6.07 Å². The molecule has 1 aromatic heterocycles. The Hall–Kier alpha value is -2.66. The molecule has 5 nitrogen and oxygen atoms in total. The van der Waals surface area contributed by atoms with Crippen LogP contribution in [0.5, 0.6) is 17.2 Å². The van der Waals surface area contributed by atoms with Crippen LogP contribution in [0.3, 0.4) is 0 Å². The van der Waals surface area contributed by atoms with Crippen LogP contribution in [0, 0.1) is 0 Å². The van der Waals surface area contributed by atoms with Gasteiger partial charge in [0.2, 0.25) is 0 Å². The highest BCUT2D eigenvalue weighted by atomic mass is 16.5. The second kappa shape index (κ2) is 7.64.